The SMILES string of the molecule is Nc1cc(Br)cnc1N(Cc1cccs1)C1CC1. The predicted molar refractivity (Wildman–Crippen MR) is 79.9 cm³/mol. The Morgan fingerprint density at radius 2 is 2.33 bits per heavy atom. The summed E-state index contributed by atoms with van der Waals surface area (Å²) in [7, 11) is 0. The van der Waals surface area contributed by atoms with Crippen molar-refractivity contribution in [2.24, 2.45) is 0 Å². The molecule has 0 unspecified atom stereocenters. The van der Waals surface area contributed by atoms with Crippen LogP contribution in [0.2, 0.25) is 0 Å². The predicted octanol–water partition coefficient (Wildman–Crippen LogP) is 3.66. The van der Waals surface area contributed by atoms with Crippen molar-refractivity contribution >= 4 is 38.8 Å². The molecule has 0 saturated heterocycles. The Morgan fingerprint density at radius 3 is 2.94 bits per heavy atom. The number of aromatic nitrogens is 1. The van der Waals surface area contributed by atoms with Crippen LogP contribution in [0.1, 0.15) is 17.7 Å². The monoisotopic (exact) mass is 323 g/mol. The van der Waals surface area contributed by atoms with Gasteiger partial charge >= 0.3 is 0 Å². The molecule has 5 heteroatoms. The molecule has 0 aromatic carbocycles. The summed E-state index contributed by atoms with van der Waals surface area (Å²) in [5.74, 6) is 0.911. The quantitative estimate of drug-likeness (QED) is 0.933. The van der Waals surface area contributed by atoms with Gasteiger partial charge in [0.2, 0.25) is 0 Å². The average Bonchev–Trinajstić information content (AvgIpc) is 3.05. The van der Waals surface area contributed by atoms with Crippen molar-refractivity contribution in [1.82, 2.24) is 4.98 Å². The van der Waals surface area contributed by atoms with Crippen molar-refractivity contribution in [1.29, 1.82) is 0 Å². The number of thiophene rings is 1. The lowest BCUT2D eigenvalue weighted by molar-refractivity contribution is 0.788. The van der Waals surface area contributed by atoms with E-state index >= 15 is 0 Å². The molecule has 1 aliphatic rings. The van der Waals surface area contributed by atoms with Crippen LogP contribution in [0.5, 0.6) is 0 Å². The van der Waals surface area contributed by atoms with E-state index in [0.717, 1.165) is 22.5 Å². The van der Waals surface area contributed by atoms with Gasteiger partial charge in [-0.2, -0.15) is 0 Å². The number of pyridine rings is 1. The van der Waals surface area contributed by atoms with Crippen LogP contribution < -0.4 is 10.6 Å². The molecule has 0 bridgehead atoms. The van der Waals surface area contributed by atoms with Gasteiger partial charge in [0.05, 0.1) is 12.2 Å². The van der Waals surface area contributed by atoms with Crippen LogP contribution in [-0.4, -0.2) is 11.0 Å². The first kappa shape index (κ1) is 12.0. The van der Waals surface area contributed by atoms with Crippen LogP contribution in [0.3, 0.4) is 0 Å². The fourth-order valence-electron chi connectivity index (χ4n) is 2.02. The summed E-state index contributed by atoms with van der Waals surface area (Å²) in [6, 6.07) is 6.77. The largest absolute Gasteiger partial charge is 0.396 e. The fourth-order valence-corrected chi connectivity index (χ4v) is 3.07. The van der Waals surface area contributed by atoms with E-state index in [2.05, 4.69) is 43.3 Å². The van der Waals surface area contributed by atoms with E-state index in [1.165, 1.54) is 17.7 Å². The van der Waals surface area contributed by atoms with Crippen LogP contribution in [0.4, 0.5) is 11.5 Å². The van der Waals surface area contributed by atoms with Crippen molar-refractivity contribution < 1.29 is 0 Å². The molecule has 2 aromatic heterocycles. The van der Waals surface area contributed by atoms with Gasteiger partial charge in [0.15, 0.2) is 5.82 Å². The molecule has 1 fully saturated rings. The number of hydrogen-bond donors (Lipinski definition) is 1. The van der Waals surface area contributed by atoms with Gasteiger partial charge in [0.1, 0.15) is 0 Å². The van der Waals surface area contributed by atoms with Crippen LogP contribution in [-0.2, 0) is 6.54 Å². The molecule has 1 aliphatic carbocycles. The Morgan fingerprint density at radius 1 is 1.50 bits per heavy atom. The van der Waals surface area contributed by atoms with E-state index < -0.39 is 0 Å². The number of nitrogens with two attached hydrogens (primary N) is 1. The lowest BCUT2D eigenvalue weighted by Crippen LogP contribution is -2.26. The zero-order valence-corrected chi connectivity index (χ0v) is 12.2. The topological polar surface area (TPSA) is 42.1 Å². The fraction of sp³-hybridized carbons (Fsp3) is 0.308. The summed E-state index contributed by atoms with van der Waals surface area (Å²) in [5.41, 5.74) is 6.83. The number of nitrogens with zero attached hydrogens (tertiary/aromatic N) is 2. The normalized spacial score (nSPS) is 14.7. The number of halogens is 1. The van der Waals surface area contributed by atoms with E-state index in [-0.39, 0.29) is 0 Å². The number of rotatable bonds is 4. The molecule has 0 amide bonds. The molecule has 2 aromatic rings. The highest BCUT2D eigenvalue weighted by Gasteiger charge is 2.31. The van der Waals surface area contributed by atoms with E-state index in [1.807, 2.05) is 12.3 Å². The molecule has 3 rings (SSSR count). The van der Waals surface area contributed by atoms with Crippen molar-refractivity contribution in [2.75, 3.05) is 10.6 Å². The zero-order valence-electron chi connectivity index (χ0n) is 9.84. The van der Waals surface area contributed by atoms with Crippen LogP contribution in [0.25, 0.3) is 0 Å². The first-order valence-electron chi connectivity index (χ1n) is 5.94. The Labute approximate surface area is 119 Å². The second kappa shape index (κ2) is 4.90. The van der Waals surface area contributed by atoms with E-state index in [0.29, 0.717) is 6.04 Å². The molecule has 3 nitrogen and oxygen atoms in total. The van der Waals surface area contributed by atoms with Gasteiger partial charge in [0, 0.05) is 21.6 Å². The maximum absolute atomic E-state index is 6.09. The van der Waals surface area contributed by atoms with Gasteiger partial charge in [-0.05, 0) is 46.3 Å². The highest BCUT2D eigenvalue weighted by Crippen LogP contribution is 2.35. The Kier molecular flexibility index (Phi) is 3.26. The minimum Gasteiger partial charge on any atom is -0.396 e. The summed E-state index contributed by atoms with van der Waals surface area (Å²) in [5, 5.41) is 2.11. The van der Waals surface area contributed by atoms with Gasteiger partial charge in [0.25, 0.3) is 0 Å². The second-order valence-electron chi connectivity index (χ2n) is 4.50. The third-order valence-electron chi connectivity index (χ3n) is 3.03. The van der Waals surface area contributed by atoms with Crippen LogP contribution >= 0.6 is 27.3 Å². The molecule has 0 spiro atoms. The first-order valence-corrected chi connectivity index (χ1v) is 7.61. The molecule has 18 heavy (non-hydrogen) atoms. The third kappa shape index (κ3) is 2.52. The highest BCUT2D eigenvalue weighted by atomic mass is 79.9. The van der Waals surface area contributed by atoms with Gasteiger partial charge < -0.3 is 10.6 Å². The first-order chi connectivity index (χ1) is 8.74. The van der Waals surface area contributed by atoms with Gasteiger partial charge in [-0.25, -0.2) is 4.98 Å². The zero-order chi connectivity index (χ0) is 12.5. The molecule has 2 heterocycles. The minimum absolute atomic E-state index is 0.600. The second-order valence-corrected chi connectivity index (χ2v) is 6.45. The molecular weight excluding hydrogens is 310 g/mol. The van der Waals surface area contributed by atoms with E-state index in [9.17, 15) is 0 Å². The van der Waals surface area contributed by atoms with Gasteiger partial charge in [-0.3, -0.25) is 0 Å². The lowest BCUT2D eigenvalue weighted by atomic mass is 10.3. The molecule has 94 valence electrons. The molecular formula is C13H14BrN3S. The van der Waals surface area contributed by atoms with Crippen molar-refractivity contribution in [2.45, 2.75) is 25.4 Å². The van der Waals surface area contributed by atoms with Gasteiger partial charge in [-0.15, -0.1) is 11.3 Å². The summed E-state index contributed by atoms with van der Waals surface area (Å²) in [6.45, 7) is 0.904. The molecule has 0 atom stereocenters. The Hall–Kier alpha value is -1.07. The van der Waals surface area contributed by atoms with Crippen LogP contribution in [0.15, 0.2) is 34.2 Å². The molecule has 1 saturated carbocycles. The van der Waals surface area contributed by atoms with Crippen LogP contribution in [0, 0.1) is 0 Å². The summed E-state index contributed by atoms with van der Waals surface area (Å²) < 4.78 is 0.927. The Balaban J connectivity index is 1.89. The molecule has 0 aliphatic heterocycles. The van der Waals surface area contributed by atoms with E-state index in [1.54, 1.807) is 11.3 Å². The smallest absolute Gasteiger partial charge is 0.152 e. The maximum atomic E-state index is 6.09. The maximum Gasteiger partial charge on any atom is 0.152 e. The highest BCUT2D eigenvalue weighted by molar-refractivity contribution is 9.10. The molecule has 2 N–H and O–H groups in total. The minimum atomic E-state index is 0.600. The number of hydrogen-bond acceptors (Lipinski definition) is 4. The Bertz CT molecular complexity index is 537. The molecule has 0 radical (unpaired) electrons. The standard InChI is InChI=1S/C13H14BrN3S/c14-9-6-12(15)13(16-7-9)17(10-3-4-10)8-11-2-1-5-18-11/h1-2,5-7,10H,3-4,8,15H2. The summed E-state index contributed by atoms with van der Waals surface area (Å²) >= 11 is 5.18. The lowest BCUT2D eigenvalue weighted by Gasteiger charge is -2.24. The van der Waals surface area contributed by atoms with E-state index in [4.69, 9.17) is 5.73 Å². The van der Waals surface area contributed by atoms with Crippen molar-refractivity contribution in [3.05, 3.63) is 39.1 Å². The van der Waals surface area contributed by atoms with Gasteiger partial charge in [-0.1, -0.05) is 6.07 Å². The average molecular weight is 324 g/mol. The van der Waals surface area contributed by atoms with Crippen molar-refractivity contribution in [3.63, 3.8) is 0 Å². The number of anilines is 2. The van der Waals surface area contributed by atoms with Crippen molar-refractivity contribution in [3.8, 4) is 0 Å². The summed E-state index contributed by atoms with van der Waals surface area (Å²) in [6.07, 6.45) is 4.29. The third-order valence-corrected chi connectivity index (χ3v) is 4.32. The summed E-state index contributed by atoms with van der Waals surface area (Å²) in [4.78, 5) is 8.16. The number of nitrogen functional groups attached to an aromatic ring is 1.